The minimum absolute atomic E-state index is 0.143. The van der Waals surface area contributed by atoms with Crippen molar-refractivity contribution in [1.82, 2.24) is 0 Å². The summed E-state index contributed by atoms with van der Waals surface area (Å²) in [5.74, 6) is -0.473. The third-order valence-electron chi connectivity index (χ3n) is 4.20. The highest BCUT2D eigenvalue weighted by Gasteiger charge is 2.74. The van der Waals surface area contributed by atoms with E-state index in [0.29, 0.717) is 5.56 Å². The molecule has 0 radical (unpaired) electrons. The summed E-state index contributed by atoms with van der Waals surface area (Å²) in [5.41, 5.74) is -0.674. The van der Waals surface area contributed by atoms with Crippen LogP contribution in [0.15, 0.2) is 66.4 Å². The van der Waals surface area contributed by atoms with Crippen molar-refractivity contribution in [3.8, 4) is 0 Å². The first-order valence-electron chi connectivity index (χ1n) is 7.17. The Morgan fingerprint density at radius 1 is 1.00 bits per heavy atom. The van der Waals surface area contributed by atoms with E-state index in [0.717, 1.165) is 5.56 Å². The third-order valence-corrected chi connectivity index (χ3v) is 4.20. The molecule has 23 heavy (non-hydrogen) atoms. The van der Waals surface area contributed by atoms with Gasteiger partial charge in [0.15, 0.2) is 0 Å². The highest BCUT2D eigenvalue weighted by Crippen LogP contribution is 2.58. The smallest absolute Gasteiger partial charge is 0.263 e. The highest BCUT2D eigenvalue weighted by molar-refractivity contribution is 5.56. The molecule has 1 fully saturated rings. The van der Waals surface area contributed by atoms with E-state index in [-0.39, 0.29) is 12.1 Å². The second kappa shape index (κ2) is 5.64. The molecule has 0 bridgehead atoms. The lowest BCUT2D eigenvalue weighted by Gasteiger charge is -2.08. The summed E-state index contributed by atoms with van der Waals surface area (Å²) in [6.07, 6.45) is 1.45. The molecule has 0 saturated heterocycles. The zero-order chi connectivity index (χ0) is 16.4. The molecule has 0 aliphatic heterocycles. The van der Waals surface area contributed by atoms with Gasteiger partial charge in [-0.25, -0.2) is 0 Å². The van der Waals surface area contributed by atoms with E-state index in [2.05, 4.69) is 0 Å². The second-order valence-electron chi connectivity index (χ2n) is 5.55. The van der Waals surface area contributed by atoms with Crippen molar-refractivity contribution in [1.29, 1.82) is 0 Å². The van der Waals surface area contributed by atoms with Gasteiger partial charge in [-0.15, -0.1) is 0 Å². The van der Waals surface area contributed by atoms with Crippen LogP contribution in [0, 0.1) is 20.2 Å². The number of nitrogens with zero attached hydrogens (tertiary/aromatic N) is 2. The molecule has 0 heterocycles. The zero-order valence-corrected chi connectivity index (χ0v) is 12.2. The Hall–Kier alpha value is -3.02. The molecule has 116 valence electrons. The van der Waals surface area contributed by atoms with Crippen molar-refractivity contribution in [3.63, 3.8) is 0 Å². The standard InChI is InChI=1S/C17H14N2O4/c20-18(21)16(11-13-7-3-1-4-8-13)17(19(22)23)12-15(17)14-9-5-2-6-10-14/h1-11,15H,12H2/b16-11+/t15-,17+/m1/s1. The molecule has 3 rings (SSSR count). The SMILES string of the molecule is O=[N+]([O-])/C(=C/c1ccccc1)[C@]1([N+](=O)[O-])C[C@@H]1c1ccccc1. The maximum Gasteiger partial charge on any atom is 0.323 e. The molecule has 0 unspecified atom stereocenters. The van der Waals surface area contributed by atoms with Gasteiger partial charge >= 0.3 is 11.2 Å². The van der Waals surface area contributed by atoms with Gasteiger partial charge in [0.25, 0.3) is 0 Å². The van der Waals surface area contributed by atoms with Crippen LogP contribution in [0.25, 0.3) is 6.08 Å². The van der Waals surface area contributed by atoms with Crippen LogP contribution in [0.1, 0.15) is 23.5 Å². The molecule has 6 heteroatoms. The monoisotopic (exact) mass is 310 g/mol. The molecule has 0 aromatic heterocycles. The normalized spacial score (nSPS) is 23.3. The maximum absolute atomic E-state index is 11.7. The van der Waals surface area contributed by atoms with Crippen LogP contribution in [0.2, 0.25) is 0 Å². The van der Waals surface area contributed by atoms with Crippen molar-refractivity contribution >= 4 is 6.08 Å². The molecule has 6 nitrogen and oxygen atoms in total. The second-order valence-corrected chi connectivity index (χ2v) is 5.55. The van der Waals surface area contributed by atoms with E-state index in [1.165, 1.54) is 6.08 Å². The van der Waals surface area contributed by atoms with E-state index in [1.807, 2.05) is 6.07 Å². The lowest BCUT2D eigenvalue weighted by atomic mass is 10.0. The van der Waals surface area contributed by atoms with Gasteiger partial charge in [-0.1, -0.05) is 60.7 Å². The van der Waals surface area contributed by atoms with Gasteiger partial charge in [0.2, 0.25) is 0 Å². The van der Waals surface area contributed by atoms with E-state index in [9.17, 15) is 20.2 Å². The molecule has 0 amide bonds. The van der Waals surface area contributed by atoms with Gasteiger partial charge < -0.3 is 0 Å². The van der Waals surface area contributed by atoms with Crippen molar-refractivity contribution in [2.75, 3.05) is 0 Å². The summed E-state index contributed by atoms with van der Waals surface area (Å²) in [7, 11) is 0. The molecule has 2 atom stereocenters. The topological polar surface area (TPSA) is 86.3 Å². The number of rotatable bonds is 5. The Kier molecular flexibility index (Phi) is 3.65. The van der Waals surface area contributed by atoms with E-state index < -0.39 is 21.3 Å². The quantitative estimate of drug-likeness (QED) is 0.624. The van der Waals surface area contributed by atoms with Gasteiger partial charge in [-0.05, 0) is 11.1 Å². The lowest BCUT2D eigenvalue weighted by Crippen LogP contribution is -2.30. The first-order valence-corrected chi connectivity index (χ1v) is 7.17. The van der Waals surface area contributed by atoms with Gasteiger partial charge in [0.1, 0.15) is 0 Å². The van der Waals surface area contributed by atoms with Crippen LogP contribution in [-0.4, -0.2) is 15.4 Å². The fourth-order valence-electron chi connectivity index (χ4n) is 2.95. The predicted molar refractivity (Wildman–Crippen MR) is 84.9 cm³/mol. The van der Waals surface area contributed by atoms with Gasteiger partial charge in [0.05, 0.1) is 10.8 Å². The Labute approximate surface area is 132 Å². The Balaban J connectivity index is 2.05. The lowest BCUT2D eigenvalue weighted by molar-refractivity contribution is -0.569. The molecular formula is C17H14N2O4. The van der Waals surface area contributed by atoms with E-state index in [4.69, 9.17) is 0 Å². The van der Waals surface area contributed by atoms with Crippen molar-refractivity contribution < 1.29 is 9.85 Å². The Morgan fingerprint density at radius 3 is 2.09 bits per heavy atom. The van der Waals surface area contributed by atoms with Gasteiger partial charge in [0, 0.05) is 17.4 Å². The molecular weight excluding hydrogens is 296 g/mol. The fraction of sp³-hybridized carbons (Fsp3) is 0.176. The van der Waals surface area contributed by atoms with Gasteiger partial charge in [-0.2, -0.15) is 0 Å². The number of hydrogen-bond donors (Lipinski definition) is 0. The molecule has 2 aromatic carbocycles. The van der Waals surface area contributed by atoms with Crippen LogP contribution in [0.3, 0.4) is 0 Å². The summed E-state index contributed by atoms with van der Waals surface area (Å²) >= 11 is 0. The molecule has 1 aliphatic carbocycles. The average molecular weight is 310 g/mol. The van der Waals surface area contributed by atoms with E-state index >= 15 is 0 Å². The molecule has 0 spiro atoms. The summed E-state index contributed by atoms with van der Waals surface area (Å²) in [5, 5.41) is 23.2. The zero-order valence-electron chi connectivity index (χ0n) is 12.2. The molecule has 0 N–H and O–H groups in total. The molecule has 1 saturated carbocycles. The summed E-state index contributed by atoms with van der Waals surface area (Å²) in [4.78, 5) is 22.0. The summed E-state index contributed by atoms with van der Waals surface area (Å²) in [6.45, 7) is 0. The Bertz CT molecular complexity index is 774. The number of nitro groups is 2. The number of benzene rings is 2. The Morgan fingerprint density at radius 2 is 1.57 bits per heavy atom. The van der Waals surface area contributed by atoms with Crippen molar-refractivity contribution in [2.45, 2.75) is 17.9 Å². The minimum atomic E-state index is -1.65. The van der Waals surface area contributed by atoms with Crippen LogP contribution >= 0.6 is 0 Å². The minimum Gasteiger partial charge on any atom is -0.263 e. The first kappa shape index (κ1) is 14.9. The van der Waals surface area contributed by atoms with Crippen LogP contribution < -0.4 is 0 Å². The summed E-state index contributed by atoms with van der Waals surface area (Å²) in [6, 6.07) is 17.6. The van der Waals surface area contributed by atoms with Crippen molar-refractivity contribution in [3.05, 3.63) is 97.7 Å². The van der Waals surface area contributed by atoms with E-state index in [1.54, 1.807) is 54.6 Å². The third kappa shape index (κ3) is 2.59. The predicted octanol–water partition coefficient (Wildman–Crippen LogP) is 3.51. The molecule has 2 aromatic rings. The van der Waals surface area contributed by atoms with Gasteiger partial charge in [-0.3, -0.25) is 20.2 Å². The number of hydrogen-bond acceptors (Lipinski definition) is 4. The maximum atomic E-state index is 11.7. The van der Waals surface area contributed by atoms with Crippen molar-refractivity contribution in [2.24, 2.45) is 0 Å². The first-order chi connectivity index (χ1) is 11.1. The van der Waals surface area contributed by atoms with Crippen LogP contribution in [0.4, 0.5) is 0 Å². The van der Waals surface area contributed by atoms with Crippen LogP contribution in [-0.2, 0) is 0 Å². The highest BCUT2D eigenvalue weighted by atomic mass is 16.6. The summed E-state index contributed by atoms with van der Waals surface area (Å²) < 4.78 is 0. The fourth-order valence-corrected chi connectivity index (χ4v) is 2.95. The molecule has 1 aliphatic rings. The average Bonchev–Trinajstić information content (AvgIpc) is 3.31. The van der Waals surface area contributed by atoms with Crippen LogP contribution in [0.5, 0.6) is 0 Å². The largest absolute Gasteiger partial charge is 0.323 e.